The highest BCUT2D eigenvalue weighted by Gasteiger charge is 2.54. The van der Waals surface area contributed by atoms with Gasteiger partial charge in [-0.05, 0) is 78.0 Å². The fourth-order valence-corrected chi connectivity index (χ4v) is 7.25. The predicted molar refractivity (Wildman–Crippen MR) is 174 cm³/mol. The Balaban J connectivity index is 1.35. The van der Waals surface area contributed by atoms with E-state index in [1.807, 2.05) is 84.9 Å². The van der Waals surface area contributed by atoms with Gasteiger partial charge in [0.25, 0.3) is 0 Å². The lowest BCUT2D eigenvalue weighted by Crippen LogP contribution is -2.40. The van der Waals surface area contributed by atoms with Gasteiger partial charge in [-0.3, -0.25) is 0 Å². The normalized spacial score (nSPS) is 15.0. The van der Waals surface area contributed by atoms with Crippen molar-refractivity contribution >= 4 is 64.6 Å². The molecule has 5 aromatic rings. The highest BCUT2D eigenvalue weighted by atomic mass is 35.5. The first kappa shape index (κ1) is 27.1. The van der Waals surface area contributed by atoms with Crippen LogP contribution in [-0.2, 0) is 0 Å². The molecule has 42 heavy (non-hydrogen) atoms. The van der Waals surface area contributed by atoms with Gasteiger partial charge in [-0.25, -0.2) is 0 Å². The van der Waals surface area contributed by atoms with Crippen LogP contribution in [0.5, 0.6) is 11.5 Å². The number of fused-ring (bicyclic) bond motifs is 1. The number of hydrogen-bond acceptors (Lipinski definition) is 4. The number of aromatic amines is 1. The van der Waals surface area contributed by atoms with Crippen molar-refractivity contribution in [3.63, 3.8) is 0 Å². The molecule has 204 valence electrons. The number of halogens is 2. The van der Waals surface area contributed by atoms with Crippen LogP contribution in [0.4, 0.5) is 0 Å². The summed E-state index contributed by atoms with van der Waals surface area (Å²) in [6.45, 7) is 0. The monoisotopic (exact) mass is 623 g/mol. The summed E-state index contributed by atoms with van der Waals surface area (Å²) in [5, 5.41) is 3.36. The first-order valence-electron chi connectivity index (χ1n) is 13.2. The molecule has 4 aromatic carbocycles. The minimum atomic E-state index is -0.692. The molecular formula is C33H22BCl2N2O2S2+. The number of nitrogens with one attached hydrogen (secondary N) is 1. The van der Waals surface area contributed by atoms with E-state index in [1.165, 1.54) is 0 Å². The largest absolute Gasteiger partial charge is 0.997 e. The van der Waals surface area contributed by atoms with Crippen LogP contribution in [0.2, 0.25) is 10.0 Å². The maximum absolute atomic E-state index is 6.37. The number of H-pyrrole nitrogens is 1. The molecule has 0 amide bonds. The van der Waals surface area contributed by atoms with Gasteiger partial charge >= 0.3 is 7.25 Å². The van der Waals surface area contributed by atoms with Gasteiger partial charge in [-0.15, -0.1) is 0 Å². The van der Waals surface area contributed by atoms with Crippen molar-refractivity contribution in [1.29, 1.82) is 0 Å². The van der Waals surface area contributed by atoms with Gasteiger partial charge in [0.05, 0.1) is 16.3 Å². The summed E-state index contributed by atoms with van der Waals surface area (Å²) >= 11 is 15.8. The Morgan fingerprint density at radius 3 is 1.98 bits per heavy atom. The summed E-state index contributed by atoms with van der Waals surface area (Å²) in [7, 11) is -0.692. The van der Waals surface area contributed by atoms with Crippen molar-refractivity contribution in [2.75, 3.05) is 0 Å². The quantitative estimate of drug-likeness (QED) is 0.191. The molecule has 0 spiro atoms. The number of aromatic nitrogens is 1. The number of nitrogens with zero attached hydrogens (tertiary/aromatic N) is 1. The number of para-hydroxylation sites is 2. The van der Waals surface area contributed by atoms with Crippen molar-refractivity contribution in [3.8, 4) is 11.5 Å². The average molecular weight is 624 g/mol. The summed E-state index contributed by atoms with van der Waals surface area (Å²) in [6, 6.07) is 38.0. The maximum atomic E-state index is 6.37. The molecule has 0 unspecified atom stereocenters. The van der Waals surface area contributed by atoms with E-state index in [0.717, 1.165) is 42.4 Å². The number of hydrogen-bond donors (Lipinski definition) is 1. The predicted octanol–water partition coefficient (Wildman–Crippen LogP) is 9.46. The Bertz CT molecular complexity index is 1860. The first-order chi connectivity index (χ1) is 20.6. The molecule has 7 rings (SSSR count). The fraction of sp³-hybridized carbons (Fsp3) is 0. The van der Waals surface area contributed by atoms with Gasteiger partial charge in [0.1, 0.15) is 11.5 Å². The lowest BCUT2D eigenvalue weighted by atomic mass is 9.97. The van der Waals surface area contributed by atoms with Crippen LogP contribution < -0.4 is 9.31 Å². The molecule has 1 N–H and O–H groups in total. The Hall–Kier alpha value is -3.75. The third-order valence-corrected chi connectivity index (χ3v) is 9.14. The molecule has 0 atom stereocenters. The molecule has 9 heteroatoms. The van der Waals surface area contributed by atoms with Crippen LogP contribution >= 0.6 is 46.7 Å². The molecule has 0 aliphatic carbocycles. The molecule has 3 heterocycles. The van der Waals surface area contributed by atoms with Crippen LogP contribution in [0.1, 0.15) is 11.3 Å². The van der Waals surface area contributed by atoms with Gasteiger partial charge < -0.3 is 14.3 Å². The van der Waals surface area contributed by atoms with Gasteiger partial charge in [-0.2, -0.15) is 4.49 Å². The van der Waals surface area contributed by atoms with Crippen molar-refractivity contribution in [1.82, 2.24) is 4.98 Å². The van der Waals surface area contributed by atoms with E-state index >= 15 is 0 Å². The van der Waals surface area contributed by atoms with Crippen LogP contribution in [0, 0.1) is 0 Å². The molecule has 0 saturated carbocycles. The SMILES string of the molecule is Clc1cccc(SC2=[N+](B3Oc4ccccc4O3)C(=C(c3ccccc3)c3ccc(Sc4cccc(Cl)c4)[nH]3)C=C2)c1. The summed E-state index contributed by atoms with van der Waals surface area (Å²) in [6.07, 6.45) is 4.22. The van der Waals surface area contributed by atoms with Gasteiger partial charge in [0.15, 0.2) is 5.70 Å². The first-order valence-corrected chi connectivity index (χ1v) is 15.6. The van der Waals surface area contributed by atoms with Crippen LogP contribution in [0.25, 0.3) is 5.57 Å². The molecular weight excluding hydrogens is 602 g/mol. The van der Waals surface area contributed by atoms with E-state index in [9.17, 15) is 0 Å². The second kappa shape index (κ2) is 11.9. The summed E-state index contributed by atoms with van der Waals surface area (Å²) in [5.41, 5.74) is 4.01. The summed E-state index contributed by atoms with van der Waals surface area (Å²) < 4.78 is 14.9. The molecule has 4 nitrogen and oxygen atoms in total. The molecule has 1 aromatic heterocycles. The molecule has 0 radical (unpaired) electrons. The van der Waals surface area contributed by atoms with Crippen molar-refractivity contribution in [2.45, 2.75) is 14.8 Å². The number of allylic oxidation sites excluding steroid dienone is 1. The number of rotatable bonds is 6. The van der Waals surface area contributed by atoms with Crippen molar-refractivity contribution < 1.29 is 13.8 Å². The van der Waals surface area contributed by atoms with E-state index in [4.69, 9.17) is 32.5 Å². The third-order valence-electron chi connectivity index (χ3n) is 6.69. The van der Waals surface area contributed by atoms with E-state index < -0.39 is 7.25 Å². The third kappa shape index (κ3) is 5.66. The maximum Gasteiger partial charge on any atom is 0.997 e. The number of thioether (sulfide) groups is 1. The van der Waals surface area contributed by atoms with Gasteiger partial charge in [-0.1, -0.05) is 89.6 Å². The van der Waals surface area contributed by atoms with E-state index in [-0.39, 0.29) is 0 Å². The second-order valence-corrected chi connectivity index (χ2v) is 12.6. The topological polar surface area (TPSA) is 37.3 Å². The molecule has 0 fully saturated rings. The van der Waals surface area contributed by atoms with Crippen LogP contribution in [-0.4, -0.2) is 21.8 Å². The van der Waals surface area contributed by atoms with E-state index in [2.05, 4.69) is 52.0 Å². The highest BCUT2D eigenvalue weighted by molar-refractivity contribution is 8.14. The lowest BCUT2D eigenvalue weighted by Gasteiger charge is -2.11. The van der Waals surface area contributed by atoms with Crippen molar-refractivity contribution in [2.24, 2.45) is 0 Å². The summed E-state index contributed by atoms with van der Waals surface area (Å²) in [5.74, 6) is 1.42. The van der Waals surface area contributed by atoms with Gasteiger partial charge in [0, 0.05) is 32.0 Å². The van der Waals surface area contributed by atoms with Crippen LogP contribution in [0.15, 0.2) is 148 Å². The molecule has 2 aliphatic rings. The Labute approximate surface area is 262 Å². The summed E-state index contributed by atoms with van der Waals surface area (Å²) in [4.78, 5) is 5.72. The molecule has 0 saturated heterocycles. The number of benzene rings is 4. The zero-order valence-corrected chi connectivity index (χ0v) is 25.2. The Kier molecular flexibility index (Phi) is 7.66. The van der Waals surface area contributed by atoms with E-state index in [0.29, 0.717) is 21.5 Å². The fourth-order valence-electron chi connectivity index (χ4n) is 4.86. The smallest absolute Gasteiger partial charge is 0.459 e. The van der Waals surface area contributed by atoms with Crippen molar-refractivity contribution in [3.05, 3.63) is 154 Å². The standard InChI is InChI=1S/C33H21BCl2N2O2S2/c35-23-10-6-12-25(20-23)41-31-18-16-27(37-31)33(22-8-2-1-3-9-22)28-17-19-32(42-26-13-7-11-24(36)21-26)38(28)34-39-29-14-4-5-15-30(29)40-34/h1-21H/p+1. The van der Waals surface area contributed by atoms with E-state index in [1.54, 1.807) is 23.5 Å². The minimum absolute atomic E-state index is 0.687. The van der Waals surface area contributed by atoms with Gasteiger partial charge in [0.2, 0.25) is 5.04 Å². The average Bonchev–Trinajstić information content (AvgIpc) is 3.73. The molecule has 0 bridgehead atoms. The Morgan fingerprint density at radius 2 is 1.31 bits per heavy atom. The zero-order valence-electron chi connectivity index (χ0n) is 22.0. The highest BCUT2D eigenvalue weighted by Crippen LogP contribution is 2.39. The lowest BCUT2D eigenvalue weighted by molar-refractivity contribution is -0.343. The second-order valence-electron chi connectivity index (χ2n) is 9.51. The molecule has 2 aliphatic heterocycles. The zero-order chi connectivity index (χ0) is 28.5. The van der Waals surface area contributed by atoms with Crippen LogP contribution in [0.3, 0.4) is 0 Å². The Morgan fingerprint density at radius 1 is 0.667 bits per heavy atom. The minimum Gasteiger partial charge on any atom is -0.459 e.